The van der Waals surface area contributed by atoms with Crippen molar-refractivity contribution in [3.8, 4) is 0 Å². The van der Waals surface area contributed by atoms with Crippen molar-refractivity contribution in [1.29, 1.82) is 0 Å². The Labute approximate surface area is 166 Å². The van der Waals surface area contributed by atoms with Gasteiger partial charge in [0, 0.05) is 33.1 Å². The van der Waals surface area contributed by atoms with Crippen LogP contribution in [-0.2, 0) is 18.4 Å². The van der Waals surface area contributed by atoms with Gasteiger partial charge in [0.2, 0.25) is 5.91 Å². The highest BCUT2D eigenvalue weighted by Gasteiger charge is 2.55. The van der Waals surface area contributed by atoms with Crippen LogP contribution < -0.4 is 0 Å². The molecule has 0 radical (unpaired) electrons. The van der Waals surface area contributed by atoms with E-state index in [0.717, 1.165) is 30.7 Å². The Bertz CT molecular complexity index is 728. The van der Waals surface area contributed by atoms with E-state index in [1.807, 2.05) is 24.9 Å². The highest BCUT2D eigenvalue weighted by molar-refractivity contribution is 5.84. The molecule has 1 spiro atoms. The summed E-state index contributed by atoms with van der Waals surface area (Å²) in [6, 6.07) is 1.97. The molecule has 1 aliphatic carbocycles. The van der Waals surface area contributed by atoms with Crippen LogP contribution in [0.1, 0.15) is 56.3 Å². The first-order valence-corrected chi connectivity index (χ1v) is 10.7. The summed E-state index contributed by atoms with van der Waals surface area (Å²) < 4.78 is 31.2. The molecule has 5 nitrogen and oxygen atoms in total. The summed E-state index contributed by atoms with van der Waals surface area (Å²) >= 11 is 0. The smallest absolute Gasteiger partial charge is 0.261 e. The zero-order chi connectivity index (χ0) is 19.9. The Balaban J connectivity index is 1.52. The second-order valence-electron chi connectivity index (χ2n) is 9.36. The van der Waals surface area contributed by atoms with Crippen LogP contribution in [0.2, 0.25) is 0 Å². The summed E-state index contributed by atoms with van der Waals surface area (Å²) in [7, 11) is 1.87. The van der Waals surface area contributed by atoms with Gasteiger partial charge in [-0.3, -0.25) is 14.4 Å². The number of alkyl halides is 2. The number of aryl methyl sites for hydroxylation is 2. The van der Waals surface area contributed by atoms with E-state index in [2.05, 4.69) is 5.10 Å². The summed E-state index contributed by atoms with van der Waals surface area (Å²) in [4.78, 5) is 17.1. The zero-order valence-corrected chi connectivity index (χ0v) is 17.1. The van der Waals surface area contributed by atoms with Gasteiger partial charge in [-0.15, -0.1) is 0 Å². The summed E-state index contributed by atoms with van der Waals surface area (Å²) in [5.41, 5.74) is 0.920. The zero-order valence-electron chi connectivity index (χ0n) is 17.1. The van der Waals surface area contributed by atoms with Crippen LogP contribution in [0.15, 0.2) is 6.07 Å². The van der Waals surface area contributed by atoms with E-state index >= 15 is 0 Å². The SMILES string of the molecule is Cc1cc(CN2CCCC3(CN(CC4CCCC4)CC(F)(F)C3)C2=O)n(C)n1. The number of nitrogens with zero attached hydrogens (tertiary/aromatic N) is 4. The fourth-order valence-electron chi connectivity index (χ4n) is 5.73. The van der Waals surface area contributed by atoms with Gasteiger partial charge >= 0.3 is 0 Å². The quantitative estimate of drug-likeness (QED) is 0.786. The Morgan fingerprint density at radius 2 is 1.96 bits per heavy atom. The Morgan fingerprint density at radius 3 is 2.64 bits per heavy atom. The molecular weight excluding hydrogens is 362 g/mol. The van der Waals surface area contributed by atoms with Crippen LogP contribution in [-0.4, -0.2) is 57.6 Å². The van der Waals surface area contributed by atoms with Crippen molar-refractivity contribution in [2.75, 3.05) is 26.2 Å². The number of hydrogen-bond donors (Lipinski definition) is 0. The normalized spacial score (nSPS) is 29.1. The maximum absolute atomic E-state index is 14.7. The number of carbonyl (C=O) groups excluding carboxylic acids is 1. The Morgan fingerprint density at radius 1 is 1.21 bits per heavy atom. The maximum Gasteiger partial charge on any atom is 0.261 e. The molecular formula is C21H32F2N4O. The van der Waals surface area contributed by atoms with E-state index in [9.17, 15) is 13.6 Å². The lowest BCUT2D eigenvalue weighted by molar-refractivity contribution is -0.170. The van der Waals surface area contributed by atoms with Gasteiger partial charge in [0.05, 0.1) is 29.9 Å². The third-order valence-corrected chi connectivity index (χ3v) is 6.85. The minimum atomic E-state index is -2.79. The molecule has 7 heteroatoms. The lowest BCUT2D eigenvalue weighted by Gasteiger charge is -2.49. The third-order valence-electron chi connectivity index (χ3n) is 6.85. The average molecular weight is 395 g/mol. The van der Waals surface area contributed by atoms with E-state index in [-0.39, 0.29) is 18.9 Å². The van der Waals surface area contributed by atoms with Crippen LogP contribution in [0.5, 0.6) is 0 Å². The molecule has 0 N–H and O–H groups in total. The molecule has 4 rings (SSSR count). The largest absolute Gasteiger partial charge is 0.336 e. The summed E-state index contributed by atoms with van der Waals surface area (Å²) in [6.07, 6.45) is 5.73. The second-order valence-corrected chi connectivity index (χ2v) is 9.36. The molecule has 3 heterocycles. The number of likely N-dealkylation sites (tertiary alicyclic amines) is 2. The molecule has 1 atom stereocenters. The minimum absolute atomic E-state index is 0.0894. The molecule has 3 aliphatic rings. The van der Waals surface area contributed by atoms with Gasteiger partial charge in [-0.05, 0) is 44.6 Å². The number of rotatable bonds is 4. The lowest BCUT2D eigenvalue weighted by atomic mass is 9.71. The Kier molecular flexibility index (Phi) is 5.23. The summed E-state index contributed by atoms with van der Waals surface area (Å²) in [5, 5.41) is 4.35. The summed E-state index contributed by atoms with van der Waals surface area (Å²) in [5.74, 6) is -2.37. The number of amides is 1. The maximum atomic E-state index is 14.7. The highest BCUT2D eigenvalue weighted by atomic mass is 19.3. The molecule has 1 aromatic heterocycles. The molecule has 2 saturated heterocycles. The number of aromatic nitrogens is 2. The molecule has 1 aromatic rings. The molecule has 2 aliphatic heterocycles. The van der Waals surface area contributed by atoms with Crippen molar-refractivity contribution >= 4 is 5.91 Å². The van der Waals surface area contributed by atoms with E-state index < -0.39 is 11.3 Å². The van der Waals surface area contributed by atoms with Gasteiger partial charge < -0.3 is 4.90 Å². The van der Waals surface area contributed by atoms with Crippen molar-refractivity contribution in [2.24, 2.45) is 18.4 Å². The number of piperidine rings is 2. The molecule has 0 aromatic carbocycles. The van der Waals surface area contributed by atoms with Crippen LogP contribution in [0.4, 0.5) is 8.78 Å². The molecule has 28 heavy (non-hydrogen) atoms. The van der Waals surface area contributed by atoms with E-state index in [0.29, 0.717) is 38.5 Å². The van der Waals surface area contributed by atoms with Crippen molar-refractivity contribution in [2.45, 2.75) is 64.3 Å². The van der Waals surface area contributed by atoms with Crippen LogP contribution in [0.25, 0.3) is 0 Å². The molecule has 0 bridgehead atoms. The van der Waals surface area contributed by atoms with Crippen molar-refractivity contribution in [3.63, 3.8) is 0 Å². The first-order valence-electron chi connectivity index (χ1n) is 10.7. The molecule has 156 valence electrons. The van der Waals surface area contributed by atoms with Crippen LogP contribution in [0.3, 0.4) is 0 Å². The predicted octanol–water partition coefficient (Wildman–Crippen LogP) is 3.37. The van der Waals surface area contributed by atoms with Gasteiger partial charge in [-0.1, -0.05) is 12.8 Å². The number of hydrogen-bond acceptors (Lipinski definition) is 3. The standard InChI is InChI=1S/C21H32F2N4O/c1-16-10-18(25(2)24-16)12-27-9-5-8-20(19(27)28)13-21(22,23)15-26(14-20)11-17-6-3-4-7-17/h10,17H,3-9,11-15H2,1-2H3. The van der Waals surface area contributed by atoms with Crippen LogP contribution in [0, 0.1) is 18.3 Å². The van der Waals surface area contributed by atoms with Crippen molar-refractivity contribution < 1.29 is 13.6 Å². The van der Waals surface area contributed by atoms with Crippen LogP contribution >= 0.6 is 0 Å². The fraction of sp³-hybridized carbons (Fsp3) is 0.810. The number of halogens is 2. The van der Waals surface area contributed by atoms with E-state index in [1.165, 1.54) is 12.8 Å². The average Bonchev–Trinajstić information content (AvgIpc) is 3.20. The highest BCUT2D eigenvalue weighted by Crippen LogP contribution is 2.46. The molecule has 1 saturated carbocycles. The molecule has 1 unspecified atom stereocenters. The second kappa shape index (κ2) is 7.39. The van der Waals surface area contributed by atoms with Gasteiger partial charge in [-0.2, -0.15) is 5.10 Å². The minimum Gasteiger partial charge on any atom is -0.336 e. The Hall–Kier alpha value is -1.50. The molecule has 3 fully saturated rings. The van der Waals surface area contributed by atoms with Crippen molar-refractivity contribution in [3.05, 3.63) is 17.5 Å². The fourth-order valence-corrected chi connectivity index (χ4v) is 5.73. The van der Waals surface area contributed by atoms with Gasteiger partial charge in [0.15, 0.2) is 0 Å². The van der Waals surface area contributed by atoms with Gasteiger partial charge in [0.1, 0.15) is 0 Å². The van der Waals surface area contributed by atoms with E-state index in [4.69, 9.17) is 0 Å². The monoisotopic (exact) mass is 394 g/mol. The van der Waals surface area contributed by atoms with Gasteiger partial charge in [0.25, 0.3) is 5.92 Å². The molecule has 1 amide bonds. The first-order chi connectivity index (χ1) is 13.3. The van der Waals surface area contributed by atoms with Gasteiger partial charge in [-0.25, -0.2) is 8.78 Å². The summed E-state index contributed by atoms with van der Waals surface area (Å²) in [6.45, 7) is 4.01. The van der Waals surface area contributed by atoms with E-state index in [1.54, 1.807) is 9.58 Å². The first kappa shape index (κ1) is 19.8. The lowest BCUT2D eigenvalue weighted by Crippen LogP contribution is -2.61. The topological polar surface area (TPSA) is 41.4 Å². The number of carbonyl (C=O) groups is 1. The third kappa shape index (κ3) is 3.95. The predicted molar refractivity (Wildman–Crippen MR) is 103 cm³/mol. The van der Waals surface area contributed by atoms with Crippen molar-refractivity contribution in [1.82, 2.24) is 19.6 Å².